The number of halogens is 2. The van der Waals surface area contributed by atoms with E-state index in [1.165, 1.54) is 12.1 Å². The van der Waals surface area contributed by atoms with Crippen molar-refractivity contribution in [1.82, 2.24) is 19.6 Å². The zero-order valence-corrected chi connectivity index (χ0v) is 20.1. The van der Waals surface area contributed by atoms with E-state index in [2.05, 4.69) is 10.3 Å². The second-order valence-corrected chi connectivity index (χ2v) is 10.3. The van der Waals surface area contributed by atoms with Gasteiger partial charge in [0.05, 0.1) is 24.1 Å². The van der Waals surface area contributed by atoms with Crippen LogP contribution in [0, 0.1) is 11.2 Å². The van der Waals surface area contributed by atoms with Crippen molar-refractivity contribution in [3.63, 3.8) is 0 Å². The van der Waals surface area contributed by atoms with E-state index in [0.717, 1.165) is 5.52 Å². The van der Waals surface area contributed by atoms with Crippen molar-refractivity contribution in [1.29, 1.82) is 0 Å². The fraction of sp³-hybridized carbons (Fsp3) is 0.400. The lowest BCUT2D eigenvalue weighted by atomic mass is 9.83. The summed E-state index contributed by atoms with van der Waals surface area (Å²) < 4.78 is 15.8. The number of benzene rings is 1. The summed E-state index contributed by atoms with van der Waals surface area (Å²) in [5, 5.41) is 13.7. The lowest BCUT2D eigenvalue weighted by Gasteiger charge is -2.40. The molecule has 34 heavy (non-hydrogen) atoms. The highest BCUT2D eigenvalue weighted by molar-refractivity contribution is 6.30. The number of piperidine rings is 1. The van der Waals surface area contributed by atoms with Gasteiger partial charge in [0.1, 0.15) is 17.6 Å². The first-order chi connectivity index (χ1) is 16.0. The van der Waals surface area contributed by atoms with Crippen molar-refractivity contribution in [2.75, 3.05) is 13.1 Å². The van der Waals surface area contributed by atoms with Crippen LogP contribution in [-0.2, 0) is 4.79 Å². The molecular weight excluding hydrogens is 459 g/mol. The van der Waals surface area contributed by atoms with E-state index in [9.17, 15) is 19.1 Å². The second kappa shape index (κ2) is 9.35. The summed E-state index contributed by atoms with van der Waals surface area (Å²) in [5.41, 5.74) is 1.24. The van der Waals surface area contributed by atoms with Gasteiger partial charge in [-0.2, -0.15) is 0 Å². The van der Waals surface area contributed by atoms with E-state index in [1.54, 1.807) is 60.8 Å². The maximum Gasteiger partial charge on any atom is 0.270 e. The molecule has 1 aromatic carbocycles. The Morgan fingerprint density at radius 1 is 1.26 bits per heavy atom. The number of rotatable bonds is 4. The predicted molar refractivity (Wildman–Crippen MR) is 127 cm³/mol. The van der Waals surface area contributed by atoms with Crippen molar-refractivity contribution >= 4 is 28.9 Å². The van der Waals surface area contributed by atoms with Gasteiger partial charge in [-0.05, 0) is 47.7 Å². The molecule has 0 saturated carbocycles. The summed E-state index contributed by atoms with van der Waals surface area (Å²) in [4.78, 5) is 32.1. The number of carbonyl (C=O) groups excluding carboxylic acids is 2. The molecule has 9 heteroatoms. The maximum atomic E-state index is 14.1. The number of hydrogen-bond donors (Lipinski definition) is 2. The molecule has 1 fully saturated rings. The van der Waals surface area contributed by atoms with E-state index in [4.69, 9.17) is 11.6 Å². The molecule has 0 bridgehead atoms. The zero-order valence-electron chi connectivity index (χ0n) is 19.3. The number of amides is 2. The Bertz CT molecular complexity index is 1200. The number of aromatic nitrogens is 2. The number of carbonyl (C=O) groups is 2. The van der Waals surface area contributed by atoms with Gasteiger partial charge in [-0.25, -0.2) is 9.37 Å². The van der Waals surface area contributed by atoms with E-state index < -0.39 is 29.3 Å². The minimum absolute atomic E-state index is 0.199. The van der Waals surface area contributed by atoms with Gasteiger partial charge in [0, 0.05) is 24.0 Å². The van der Waals surface area contributed by atoms with Crippen LogP contribution in [0.25, 0.3) is 5.52 Å². The van der Waals surface area contributed by atoms with E-state index in [1.807, 2.05) is 6.07 Å². The Balaban J connectivity index is 1.63. The molecule has 3 heterocycles. The number of imidazole rings is 1. The lowest BCUT2D eigenvalue weighted by Crippen LogP contribution is -2.56. The first-order valence-electron chi connectivity index (χ1n) is 11.2. The molecule has 7 nitrogen and oxygen atoms in total. The second-order valence-electron chi connectivity index (χ2n) is 9.83. The Hall–Kier alpha value is -2.97. The molecule has 0 spiro atoms. The SMILES string of the molecule is CC(C)(C)[C@@H](O)C(=O)N[C@@H]1CN(C(=O)c2cccc3cncn23)CC[C@H]1c1cc(F)cc(Cl)c1. The monoisotopic (exact) mass is 486 g/mol. The minimum atomic E-state index is -1.24. The molecule has 2 aromatic heterocycles. The molecular formula is C25H28ClFN4O3. The Labute approximate surface area is 202 Å². The molecule has 1 saturated heterocycles. The highest BCUT2D eigenvalue weighted by Crippen LogP contribution is 2.32. The maximum absolute atomic E-state index is 14.1. The summed E-state index contributed by atoms with van der Waals surface area (Å²) in [6.07, 6.45) is 2.51. The number of aliphatic hydroxyl groups excluding tert-OH is 1. The number of nitrogens with one attached hydrogen (secondary N) is 1. The Morgan fingerprint density at radius 2 is 2.03 bits per heavy atom. The third kappa shape index (κ3) is 4.93. The average molecular weight is 487 g/mol. The standard InChI is InChI=1S/C25H28ClFN4O3/c1-25(2,3)22(32)23(33)29-20-13-30(8-7-19(20)15-9-16(26)11-17(27)10-15)24(34)21-6-4-5-18-12-28-14-31(18)21/h4-6,9-12,14,19-20,22,32H,7-8,13H2,1-3H3,(H,29,33)/t19-,20+,22-/m0/s1. The summed E-state index contributed by atoms with van der Waals surface area (Å²) >= 11 is 6.10. The number of fused-ring (bicyclic) bond motifs is 1. The normalized spacial score (nSPS) is 19.8. The van der Waals surface area contributed by atoms with Crippen LogP contribution in [0.5, 0.6) is 0 Å². The number of aliphatic hydroxyl groups is 1. The van der Waals surface area contributed by atoms with Crippen LogP contribution < -0.4 is 5.32 Å². The summed E-state index contributed by atoms with van der Waals surface area (Å²) in [6, 6.07) is 9.16. The molecule has 0 aliphatic carbocycles. The van der Waals surface area contributed by atoms with E-state index in [-0.39, 0.29) is 23.4 Å². The Kier molecular flexibility index (Phi) is 6.64. The molecule has 0 radical (unpaired) electrons. The van der Waals surface area contributed by atoms with E-state index >= 15 is 0 Å². The quantitative estimate of drug-likeness (QED) is 0.589. The van der Waals surface area contributed by atoms with Crippen LogP contribution in [0.15, 0.2) is 48.9 Å². The molecule has 1 aliphatic rings. The van der Waals surface area contributed by atoms with Crippen LogP contribution >= 0.6 is 11.6 Å². The van der Waals surface area contributed by atoms with Crippen LogP contribution in [0.1, 0.15) is 49.2 Å². The molecule has 3 atom stereocenters. The van der Waals surface area contributed by atoms with Crippen molar-refractivity contribution in [3.05, 3.63) is 71.0 Å². The van der Waals surface area contributed by atoms with Gasteiger partial charge in [-0.1, -0.05) is 38.4 Å². The predicted octanol–water partition coefficient (Wildman–Crippen LogP) is 3.65. The first-order valence-corrected chi connectivity index (χ1v) is 11.6. The summed E-state index contributed by atoms with van der Waals surface area (Å²) in [5.74, 6) is -1.48. The Morgan fingerprint density at radius 3 is 2.74 bits per heavy atom. The average Bonchev–Trinajstić information content (AvgIpc) is 3.25. The fourth-order valence-electron chi connectivity index (χ4n) is 4.41. The van der Waals surface area contributed by atoms with Crippen molar-refractivity contribution in [2.45, 2.75) is 45.3 Å². The summed E-state index contributed by atoms with van der Waals surface area (Å²) in [7, 11) is 0. The molecule has 2 amide bonds. The fourth-order valence-corrected chi connectivity index (χ4v) is 4.64. The summed E-state index contributed by atoms with van der Waals surface area (Å²) in [6.45, 7) is 5.92. The van der Waals surface area contributed by atoms with Gasteiger partial charge >= 0.3 is 0 Å². The molecule has 1 aliphatic heterocycles. The van der Waals surface area contributed by atoms with Gasteiger partial charge in [-0.15, -0.1) is 0 Å². The molecule has 2 N–H and O–H groups in total. The largest absolute Gasteiger partial charge is 0.383 e. The highest BCUT2D eigenvalue weighted by atomic mass is 35.5. The lowest BCUT2D eigenvalue weighted by molar-refractivity contribution is -0.135. The molecule has 3 aromatic rings. The number of likely N-dealkylation sites (tertiary alicyclic amines) is 1. The van der Waals surface area contributed by atoms with Crippen LogP contribution in [0.2, 0.25) is 5.02 Å². The number of nitrogens with zero attached hydrogens (tertiary/aromatic N) is 3. The van der Waals surface area contributed by atoms with Gasteiger partial charge < -0.3 is 15.3 Å². The number of pyridine rings is 1. The van der Waals surface area contributed by atoms with Gasteiger partial charge in [0.2, 0.25) is 5.91 Å². The third-order valence-electron chi connectivity index (χ3n) is 6.28. The van der Waals surface area contributed by atoms with Crippen molar-refractivity contribution < 1.29 is 19.1 Å². The van der Waals surface area contributed by atoms with Crippen LogP contribution in [-0.4, -0.2) is 56.4 Å². The smallest absolute Gasteiger partial charge is 0.270 e. The van der Waals surface area contributed by atoms with Crippen LogP contribution in [0.3, 0.4) is 0 Å². The molecule has 4 rings (SSSR count). The molecule has 0 unspecified atom stereocenters. The van der Waals surface area contributed by atoms with Gasteiger partial charge in [0.25, 0.3) is 5.91 Å². The van der Waals surface area contributed by atoms with Gasteiger partial charge in [-0.3, -0.25) is 14.0 Å². The third-order valence-corrected chi connectivity index (χ3v) is 6.49. The zero-order chi connectivity index (χ0) is 24.6. The minimum Gasteiger partial charge on any atom is -0.383 e. The highest BCUT2D eigenvalue weighted by Gasteiger charge is 2.37. The van der Waals surface area contributed by atoms with Crippen LogP contribution in [0.4, 0.5) is 4.39 Å². The van der Waals surface area contributed by atoms with Crippen molar-refractivity contribution in [3.8, 4) is 0 Å². The molecule has 180 valence electrons. The van der Waals surface area contributed by atoms with Crippen molar-refractivity contribution in [2.24, 2.45) is 5.41 Å². The number of hydrogen-bond acceptors (Lipinski definition) is 4. The topological polar surface area (TPSA) is 86.9 Å². The van der Waals surface area contributed by atoms with Gasteiger partial charge in [0.15, 0.2) is 0 Å². The van der Waals surface area contributed by atoms with E-state index in [0.29, 0.717) is 24.2 Å². The first kappa shape index (κ1) is 24.2.